The third-order valence-corrected chi connectivity index (χ3v) is 2.84. The predicted molar refractivity (Wildman–Crippen MR) is 69.4 cm³/mol. The third-order valence-electron chi connectivity index (χ3n) is 2.62. The fourth-order valence-corrected chi connectivity index (χ4v) is 1.92. The van der Waals surface area contributed by atoms with Gasteiger partial charge in [-0.05, 0) is 26.3 Å². The van der Waals surface area contributed by atoms with E-state index in [0.717, 1.165) is 18.7 Å². The van der Waals surface area contributed by atoms with Gasteiger partial charge in [-0.25, -0.2) is 0 Å². The standard InChI is InChI=1S/C13H20ClNO/c1-10-4-5-13(16-3)12(8-10)9-15-11(2)6-7-14/h4-5,8,11,15H,6-7,9H2,1-3H3. The smallest absolute Gasteiger partial charge is 0.123 e. The van der Waals surface area contributed by atoms with Gasteiger partial charge in [0.15, 0.2) is 0 Å². The van der Waals surface area contributed by atoms with Gasteiger partial charge in [0.1, 0.15) is 5.75 Å². The van der Waals surface area contributed by atoms with Gasteiger partial charge in [-0.15, -0.1) is 11.6 Å². The fraction of sp³-hybridized carbons (Fsp3) is 0.538. The van der Waals surface area contributed by atoms with E-state index >= 15 is 0 Å². The van der Waals surface area contributed by atoms with Gasteiger partial charge in [0, 0.05) is 24.0 Å². The SMILES string of the molecule is COc1ccc(C)cc1CNC(C)CCCl. The van der Waals surface area contributed by atoms with Gasteiger partial charge >= 0.3 is 0 Å². The average Bonchev–Trinajstić information content (AvgIpc) is 2.27. The van der Waals surface area contributed by atoms with Gasteiger partial charge in [0.05, 0.1) is 7.11 Å². The van der Waals surface area contributed by atoms with E-state index in [1.807, 2.05) is 6.07 Å². The third kappa shape index (κ3) is 4.03. The Morgan fingerprint density at radius 3 is 2.81 bits per heavy atom. The number of nitrogens with one attached hydrogen (secondary N) is 1. The molecule has 0 aliphatic carbocycles. The van der Waals surface area contributed by atoms with Gasteiger partial charge in [-0.2, -0.15) is 0 Å². The van der Waals surface area contributed by atoms with Gasteiger partial charge in [-0.1, -0.05) is 17.7 Å². The summed E-state index contributed by atoms with van der Waals surface area (Å²) in [6.07, 6.45) is 0.982. The molecule has 0 aromatic heterocycles. The molecule has 0 saturated carbocycles. The molecule has 0 aliphatic rings. The lowest BCUT2D eigenvalue weighted by molar-refractivity contribution is 0.405. The van der Waals surface area contributed by atoms with Crippen LogP contribution in [0.2, 0.25) is 0 Å². The molecule has 90 valence electrons. The molecule has 3 heteroatoms. The van der Waals surface area contributed by atoms with E-state index in [2.05, 4.69) is 31.3 Å². The molecule has 0 heterocycles. The molecule has 0 aliphatic heterocycles. The molecule has 1 aromatic carbocycles. The number of rotatable bonds is 6. The number of halogens is 1. The Labute approximate surface area is 103 Å². The zero-order valence-electron chi connectivity index (χ0n) is 10.2. The van der Waals surface area contributed by atoms with Crippen LogP contribution >= 0.6 is 11.6 Å². The number of alkyl halides is 1. The summed E-state index contributed by atoms with van der Waals surface area (Å²) in [5.41, 5.74) is 2.45. The Bertz CT molecular complexity index is 328. The lowest BCUT2D eigenvalue weighted by Gasteiger charge is -2.14. The normalized spacial score (nSPS) is 12.5. The van der Waals surface area contributed by atoms with E-state index in [1.165, 1.54) is 11.1 Å². The second-order valence-corrected chi connectivity index (χ2v) is 4.45. The number of hydrogen-bond acceptors (Lipinski definition) is 2. The van der Waals surface area contributed by atoms with Gasteiger partial charge in [-0.3, -0.25) is 0 Å². The summed E-state index contributed by atoms with van der Waals surface area (Å²) in [6.45, 7) is 5.05. The van der Waals surface area contributed by atoms with Crippen molar-refractivity contribution in [1.29, 1.82) is 0 Å². The molecule has 2 nitrogen and oxygen atoms in total. The minimum absolute atomic E-state index is 0.433. The molecule has 0 bridgehead atoms. The quantitative estimate of drug-likeness (QED) is 0.773. The van der Waals surface area contributed by atoms with Gasteiger partial charge < -0.3 is 10.1 Å². The fourth-order valence-electron chi connectivity index (χ4n) is 1.60. The Hall–Kier alpha value is -0.730. The monoisotopic (exact) mass is 241 g/mol. The topological polar surface area (TPSA) is 21.3 Å². The number of ether oxygens (including phenoxy) is 1. The van der Waals surface area contributed by atoms with E-state index in [9.17, 15) is 0 Å². The van der Waals surface area contributed by atoms with Crippen molar-refractivity contribution in [1.82, 2.24) is 5.32 Å². The predicted octanol–water partition coefficient (Wildman–Crippen LogP) is 3.11. The first-order valence-corrected chi connectivity index (χ1v) is 6.13. The molecule has 1 unspecified atom stereocenters. The molecule has 0 saturated heterocycles. The summed E-state index contributed by atoms with van der Waals surface area (Å²) in [5.74, 6) is 1.63. The van der Waals surface area contributed by atoms with Gasteiger partial charge in [0.2, 0.25) is 0 Å². The Balaban J connectivity index is 2.61. The summed E-state index contributed by atoms with van der Waals surface area (Å²) in [5, 5.41) is 3.44. The Morgan fingerprint density at radius 2 is 2.19 bits per heavy atom. The molecule has 1 aromatic rings. The Kier molecular flexibility index (Phi) is 5.64. The molecule has 1 atom stereocenters. The lowest BCUT2D eigenvalue weighted by atomic mass is 10.1. The van der Waals surface area contributed by atoms with Crippen molar-refractivity contribution < 1.29 is 4.74 Å². The molecular weight excluding hydrogens is 222 g/mol. The number of methoxy groups -OCH3 is 1. The van der Waals surface area contributed by atoms with Crippen LogP contribution in [0.25, 0.3) is 0 Å². The summed E-state index contributed by atoms with van der Waals surface area (Å²) in [4.78, 5) is 0. The van der Waals surface area contributed by atoms with E-state index < -0.39 is 0 Å². The summed E-state index contributed by atoms with van der Waals surface area (Å²) in [7, 11) is 1.70. The maximum absolute atomic E-state index is 5.70. The number of benzene rings is 1. The van der Waals surface area contributed by atoms with E-state index in [4.69, 9.17) is 16.3 Å². The van der Waals surface area contributed by atoms with Crippen molar-refractivity contribution in [2.45, 2.75) is 32.9 Å². The van der Waals surface area contributed by atoms with Crippen molar-refractivity contribution in [3.8, 4) is 5.75 Å². The highest BCUT2D eigenvalue weighted by atomic mass is 35.5. The van der Waals surface area contributed by atoms with Crippen molar-refractivity contribution in [3.63, 3.8) is 0 Å². The summed E-state index contributed by atoms with van der Waals surface area (Å²) in [6, 6.07) is 6.66. The summed E-state index contributed by atoms with van der Waals surface area (Å²) >= 11 is 5.70. The zero-order valence-corrected chi connectivity index (χ0v) is 11.0. The maximum Gasteiger partial charge on any atom is 0.123 e. The Morgan fingerprint density at radius 1 is 1.44 bits per heavy atom. The van der Waals surface area contributed by atoms with Crippen LogP contribution < -0.4 is 10.1 Å². The van der Waals surface area contributed by atoms with Gasteiger partial charge in [0.25, 0.3) is 0 Å². The minimum Gasteiger partial charge on any atom is -0.496 e. The molecular formula is C13H20ClNO. The largest absolute Gasteiger partial charge is 0.496 e. The van der Waals surface area contributed by atoms with Crippen molar-refractivity contribution >= 4 is 11.6 Å². The highest BCUT2D eigenvalue weighted by Gasteiger charge is 2.05. The molecule has 16 heavy (non-hydrogen) atoms. The molecule has 0 amide bonds. The summed E-state index contributed by atoms with van der Waals surface area (Å²) < 4.78 is 5.33. The number of aryl methyl sites for hydroxylation is 1. The molecule has 1 N–H and O–H groups in total. The van der Waals surface area contributed by atoms with Crippen LogP contribution in [-0.2, 0) is 6.54 Å². The van der Waals surface area contributed by atoms with Crippen LogP contribution in [0.5, 0.6) is 5.75 Å². The van der Waals surface area contributed by atoms with Crippen molar-refractivity contribution in [2.75, 3.05) is 13.0 Å². The first-order chi connectivity index (χ1) is 7.67. The van der Waals surface area contributed by atoms with Crippen LogP contribution in [-0.4, -0.2) is 19.0 Å². The van der Waals surface area contributed by atoms with Crippen LogP contribution in [0.1, 0.15) is 24.5 Å². The van der Waals surface area contributed by atoms with E-state index in [1.54, 1.807) is 7.11 Å². The zero-order chi connectivity index (χ0) is 12.0. The van der Waals surface area contributed by atoms with Crippen LogP contribution in [0.15, 0.2) is 18.2 Å². The molecule has 1 rings (SSSR count). The molecule has 0 radical (unpaired) electrons. The second-order valence-electron chi connectivity index (χ2n) is 4.07. The lowest BCUT2D eigenvalue weighted by Crippen LogP contribution is -2.26. The van der Waals surface area contributed by atoms with E-state index in [-0.39, 0.29) is 0 Å². The van der Waals surface area contributed by atoms with Crippen molar-refractivity contribution in [3.05, 3.63) is 29.3 Å². The first kappa shape index (κ1) is 13.3. The van der Waals surface area contributed by atoms with E-state index in [0.29, 0.717) is 11.9 Å². The van der Waals surface area contributed by atoms with Crippen LogP contribution in [0.4, 0.5) is 0 Å². The molecule has 0 fully saturated rings. The number of hydrogen-bond donors (Lipinski definition) is 1. The first-order valence-electron chi connectivity index (χ1n) is 5.60. The van der Waals surface area contributed by atoms with Crippen LogP contribution in [0, 0.1) is 6.92 Å². The molecule has 0 spiro atoms. The highest BCUT2D eigenvalue weighted by Crippen LogP contribution is 2.19. The van der Waals surface area contributed by atoms with Crippen molar-refractivity contribution in [2.24, 2.45) is 0 Å². The highest BCUT2D eigenvalue weighted by molar-refractivity contribution is 6.17. The second kappa shape index (κ2) is 6.77. The maximum atomic E-state index is 5.70. The average molecular weight is 242 g/mol. The van der Waals surface area contributed by atoms with Crippen LogP contribution in [0.3, 0.4) is 0 Å². The minimum atomic E-state index is 0.433.